The Balaban J connectivity index is 2.76. The number of aliphatic hydroxyl groups is 2. The Morgan fingerprint density at radius 3 is 2.73 bits per heavy atom. The lowest BCUT2D eigenvalue weighted by Crippen LogP contribution is -2.18. The Kier molecular flexibility index (Phi) is 5.68. The fourth-order valence-electron chi connectivity index (χ4n) is 1.32. The Morgan fingerprint density at radius 1 is 1.40 bits per heavy atom. The molecule has 2 unspecified atom stereocenters. The molecule has 0 aliphatic rings. The van der Waals surface area contributed by atoms with E-state index in [2.05, 4.69) is 15.9 Å². The second-order valence-corrected chi connectivity index (χ2v) is 4.94. The summed E-state index contributed by atoms with van der Waals surface area (Å²) in [5.74, 6) is 0. The smallest absolute Gasteiger partial charge is 0.105 e. The lowest BCUT2D eigenvalue weighted by molar-refractivity contribution is 0.0172. The highest BCUT2D eigenvalue weighted by Crippen LogP contribution is 2.23. The van der Waals surface area contributed by atoms with Gasteiger partial charge in [-0.2, -0.15) is 0 Å². The fraction of sp³-hybridized carbons (Fsp3) is 0.455. The molecule has 0 saturated carbocycles. The zero-order chi connectivity index (χ0) is 11.3. The van der Waals surface area contributed by atoms with Crippen LogP contribution in [0.1, 0.15) is 18.1 Å². The Bertz CT molecular complexity index is 306. The summed E-state index contributed by atoms with van der Waals surface area (Å²) in [7, 11) is 0. The van der Waals surface area contributed by atoms with E-state index in [4.69, 9.17) is 0 Å². The molecule has 0 bridgehead atoms. The van der Waals surface area contributed by atoms with Crippen molar-refractivity contribution in [3.8, 4) is 0 Å². The fourth-order valence-corrected chi connectivity index (χ4v) is 2.25. The topological polar surface area (TPSA) is 40.5 Å². The molecule has 0 fully saturated rings. The van der Waals surface area contributed by atoms with Gasteiger partial charge >= 0.3 is 0 Å². The lowest BCUT2D eigenvalue weighted by atomic mass is 10.0. The maximum Gasteiger partial charge on any atom is 0.105 e. The van der Waals surface area contributed by atoms with E-state index in [1.807, 2.05) is 30.5 Å². The molecule has 1 aromatic rings. The zero-order valence-electron chi connectivity index (χ0n) is 8.56. The van der Waals surface area contributed by atoms with Gasteiger partial charge in [-0.05, 0) is 30.4 Å². The third-order valence-corrected chi connectivity index (χ3v) is 3.39. The van der Waals surface area contributed by atoms with Gasteiger partial charge < -0.3 is 10.2 Å². The average Bonchev–Trinajstić information content (AvgIpc) is 2.28. The molecular weight excluding hydrogens is 276 g/mol. The van der Waals surface area contributed by atoms with Gasteiger partial charge in [0.25, 0.3) is 0 Å². The summed E-state index contributed by atoms with van der Waals surface area (Å²) in [4.78, 5) is 1.09. The van der Waals surface area contributed by atoms with E-state index in [9.17, 15) is 10.2 Å². The van der Waals surface area contributed by atoms with Crippen LogP contribution in [0.25, 0.3) is 0 Å². The number of rotatable bonds is 5. The van der Waals surface area contributed by atoms with Crippen molar-refractivity contribution in [3.05, 3.63) is 29.8 Å². The Labute approximate surface area is 103 Å². The summed E-state index contributed by atoms with van der Waals surface area (Å²) in [5.41, 5.74) is 0.773. The van der Waals surface area contributed by atoms with Crippen molar-refractivity contribution in [3.63, 3.8) is 0 Å². The van der Waals surface area contributed by atoms with Gasteiger partial charge in [-0.3, -0.25) is 0 Å². The first kappa shape index (κ1) is 13.0. The SMILES string of the molecule is CSc1cccc(C(O)C(O)CCBr)c1. The van der Waals surface area contributed by atoms with E-state index in [0.29, 0.717) is 11.8 Å². The Morgan fingerprint density at radius 2 is 2.13 bits per heavy atom. The third-order valence-electron chi connectivity index (χ3n) is 2.20. The number of hydrogen-bond donors (Lipinski definition) is 2. The van der Waals surface area contributed by atoms with Gasteiger partial charge in [0.1, 0.15) is 6.10 Å². The van der Waals surface area contributed by atoms with Gasteiger partial charge in [0.05, 0.1) is 6.10 Å². The highest BCUT2D eigenvalue weighted by atomic mass is 79.9. The van der Waals surface area contributed by atoms with Crippen LogP contribution in [0.2, 0.25) is 0 Å². The molecule has 0 aromatic heterocycles. The first-order valence-electron chi connectivity index (χ1n) is 4.75. The summed E-state index contributed by atoms with van der Waals surface area (Å²) < 4.78 is 0. The largest absolute Gasteiger partial charge is 0.390 e. The van der Waals surface area contributed by atoms with E-state index in [1.54, 1.807) is 11.8 Å². The van der Waals surface area contributed by atoms with Crippen molar-refractivity contribution >= 4 is 27.7 Å². The average molecular weight is 291 g/mol. The molecule has 1 rings (SSSR count). The molecule has 0 amide bonds. The summed E-state index contributed by atoms with van der Waals surface area (Å²) >= 11 is 4.87. The number of aliphatic hydroxyl groups excluding tert-OH is 2. The predicted octanol–water partition coefficient (Wildman–Crippen LogP) is 2.59. The molecule has 84 valence electrons. The maximum absolute atomic E-state index is 9.86. The number of alkyl halides is 1. The van der Waals surface area contributed by atoms with Gasteiger partial charge in [0.2, 0.25) is 0 Å². The number of halogens is 1. The first-order chi connectivity index (χ1) is 7.19. The van der Waals surface area contributed by atoms with Crippen molar-refractivity contribution in [2.24, 2.45) is 0 Å². The second kappa shape index (κ2) is 6.53. The molecule has 4 heteroatoms. The number of benzene rings is 1. The van der Waals surface area contributed by atoms with Crippen LogP contribution in [0.3, 0.4) is 0 Å². The molecule has 15 heavy (non-hydrogen) atoms. The number of thioether (sulfide) groups is 1. The van der Waals surface area contributed by atoms with Crippen molar-refractivity contribution in [1.82, 2.24) is 0 Å². The molecule has 0 saturated heterocycles. The van der Waals surface area contributed by atoms with Crippen molar-refractivity contribution in [2.75, 3.05) is 11.6 Å². The van der Waals surface area contributed by atoms with Gasteiger partial charge in [-0.1, -0.05) is 28.1 Å². The molecule has 2 atom stereocenters. The standard InChI is InChI=1S/C11H15BrO2S/c1-15-9-4-2-3-8(7-9)11(14)10(13)5-6-12/h2-4,7,10-11,13-14H,5-6H2,1H3. The van der Waals surface area contributed by atoms with Crippen LogP contribution in [0.4, 0.5) is 0 Å². The minimum absolute atomic E-state index is 0.546. The van der Waals surface area contributed by atoms with Crippen LogP contribution in [0.5, 0.6) is 0 Å². The quantitative estimate of drug-likeness (QED) is 0.647. The van der Waals surface area contributed by atoms with E-state index in [0.717, 1.165) is 10.5 Å². The minimum atomic E-state index is -0.797. The van der Waals surface area contributed by atoms with E-state index in [-0.39, 0.29) is 0 Å². The van der Waals surface area contributed by atoms with Crippen molar-refractivity contribution < 1.29 is 10.2 Å². The Hall–Kier alpha value is -0.0300. The normalized spacial score (nSPS) is 14.9. The van der Waals surface area contributed by atoms with Crippen LogP contribution >= 0.6 is 27.7 Å². The van der Waals surface area contributed by atoms with Crippen LogP contribution in [-0.2, 0) is 0 Å². The molecule has 2 N–H and O–H groups in total. The summed E-state index contributed by atoms with van der Waals surface area (Å²) in [6.07, 6.45) is 1.03. The molecule has 0 spiro atoms. The molecular formula is C11H15BrO2S. The molecule has 0 heterocycles. The highest BCUT2D eigenvalue weighted by Gasteiger charge is 2.17. The third kappa shape index (κ3) is 3.79. The van der Waals surface area contributed by atoms with Crippen molar-refractivity contribution in [2.45, 2.75) is 23.5 Å². The molecule has 1 aromatic carbocycles. The monoisotopic (exact) mass is 290 g/mol. The van der Waals surface area contributed by atoms with Crippen LogP contribution in [-0.4, -0.2) is 27.9 Å². The lowest BCUT2D eigenvalue weighted by Gasteiger charge is -2.17. The van der Waals surface area contributed by atoms with Gasteiger partial charge in [-0.15, -0.1) is 11.8 Å². The second-order valence-electron chi connectivity index (χ2n) is 3.27. The van der Waals surface area contributed by atoms with Crippen LogP contribution in [0.15, 0.2) is 29.2 Å². The maximum atomic E-state index is 9.86. The summed E-state index contributed by atoms with van der Waals surface area (Å²) in [5, 5.41) is 20.2. The molecule has 2 nitrogen and oxygen atoms in total. The van der Waals surface area contributed by atoms with E-state index in [1.165, 1.54) is 0 Å². The minimum Gasteiger partial charge on any atom is -0.390 e. The molecule has 0 radical (unpaired) electrons. The van der Waals surface area contributed by atoms with Crippen molar-refractivity contribution in [1.29, 1.82) is 0 Å². The van der Waals surface area contributed by atoms with Gasteiger partial charge in [0, 0.05) is 10.2 Å². The van der Waals surface area contributed by atoms with Crippen LogP contribution in [0, 0.1) is 0 Å². The highest BCUT2D eigenvalue weighted by molar-refractivity contribution is 9.09. The van der Waals surface area contributed by atoms with E-state index >= 15 is 0 Å². The predicted molar refractivity (Wildman–Crippen MR) is 67.6 cm³/mol. The summed E-state index contributed by atoms with van der Waals surface area (Å²) in [6, 6.07) is 7.62. The molecule has 0 aliphatic heterocycles. The summed E-state index contributed by atoms with van der Waals surface area (Å²) in [6.45, 7) is 0. The van der Waals surface area contributed by atoms with Gasteiger partial charge in [-0.25, -0.2) is 0 Å². The first-order valence-corrected chi connectivity index (χ1v) is 7.09. The van der Waals surface area contributed by atoms with Gasteiger partial charge in [0.15, 0.2) is 0 Å². The van der Waals surface area contributed by atoms with Crippen LogP contribution < -0.4 is 0 Å². The van der Waals surface area contributed by atoms with E-state index < -0.39 is 12.2 Å². The number of hydrogen-bond acceptors (Lipinski definition) is 3. The molecule has 0 aliphatic carbocycles. The zero-order valence-corrected chi connectivity index (χ0v) is 11.0.